The van der Waals surface area contributed by atoms with E-state index in [4.69, 9.17) is 4.99 Å². The third-order valence-corrected chi connectivity index (χ3v) is 7.07. The van der Waals surface area contributed by atoms with Crippen LogP contribution in [0.15, 0.2) is 41.5 Å². The van der Waals surface area contributed by atoms with E-state index in [0.717, 1.165) is 28.5 Å². The van der Waals surface area contributed by atoms with Crippen molar-refractivity contribution in [1.82, 2.24) is 9.88 Å². The number of hydrogen-bond donors (Lipinski definition) is 1. The maximum Gasteiger partial charge on any atom is 0.160 e. The van der Waals surface area contributed by atoms with Crippen LogP contribution in [0.3, 0.4) is 0 Å². The Morgan fingerprint density at radius 3 is 2.20 bits per heavy atom. The summed E-state index contributed by atoms with van der Waals surface area (Å²) < 4.78 is 0. The van der Waals surface area contributed by atoms with Crippen LogP contribution in [0.25, 0.3) is 0 Å². The Morgan fingerprint density at radius 1 is 1.03 bits per heavy atom. The molecule has 3 heterocycles. The number of benzene rings is 1. The minimum absolute atomic E-state index is 0.0358. The van der Waals surface area contributed by atoms with Gasteiger partial charge in [-0.2, -0.15) is 0 Å². The van der Waals surface area contributed by atoms with Crippen molar-refractivity contribution in [2.75, 3.05) is 6.54 Å². The van der Waals surface area contributed by atoms with Gasteiger partial charge in [-0.25, -0.2) is 0 Å². The molecule has 160 valence electrons. The molecule has 1 aromatic heterocycles. The van der Waals surface area contributed by atoms with Gasteiger partial charge in [0.25, 0.3) is 0 Å². The Bertz CT molecular complexity index is 937. The third kappa shape index (κ3) is 3.73. The second-order valence-corrected chi connectivity index (χ2v) is 12.0. The first kappa shape index (κ1) is 21.2. The number of rotatable bonds is 2. The molecule has 5 heteroatoms. The van der Waals surface area contributed by atoms with Crippen LogP contribution in [-0.4, -0.2) is 32.0 Å². The number of amidine groups is 1. The molecular weight excluding hydrogens is 390 g/mol. The number of phenolic OH excluding ortho intramolecular Hbond substituents is 1. The lowest BCUT2D eigenvalue weighted by molar-refractivity contribution is 0.319. The number of aromatic nitrogens is 1. The molecule has 1 aromatic carbocycles. The molecule has 3 atom stereocenters. The monoisotopic (exact) mass is 423 g/mol. The highest BCUT2D eigenvalue weighted by molar-refractivity contribution is 8.14. The summed E-state index contributed by atoms with van der Waals surface area (Å²) in [4.78, 5) is 12.2. The molecule has 0 unspecified atom stereocenters. The Balaban J connectivity index is 1.90. The normalized spacial score (nSPS) is 24.2. The standard InChI is InChI=1S/C25H33N3OS/c1-15-14-28-21(20(27-23(28)30-15)19-10-8-9-11-26-19)16-12-17(24(2,3)4)22(29)18(13-16)25(5,6)7/h8-13,15,20-21,29H,14H2,1-7H3/t15-,20-,21+/m1/s1. The molecule has 30 heavy (non-hydrogen) atoms. The van der Waals surface area contributed by atoms with E-state index in [1.54, 1.807) is 0 Å². The molecule has 0 aliphatic carbocycles. The lowest BCUT2D eigenvalue weighted by Gasteiger charge is -2.32. The minimum atomic E-state index is -0.157. The van der Waals surface area contributed by atoms with Gasteiger partial charge in [0.05, 0.1) is 11.7 Å². The summed E-state index contributed by atoms with van der Waals surface area (Å²) in [5.74, 6) is 0.427. The quantitative estimate of drug-likeness (QED) is 0.646. The highest BCUT2D eigenvalue weighted by atomic mass is 32.2. The van der Waals surface area contributed by atoms with E-state index >= 15 is 0 Å². The van der Waals surface area contributed by atoms with E-state index in [2.05, 4.69) is 76.5 Å². The van der Waals surface area contributed by atoms with E-state index in [9.17, 15) is 5.11 Å². The number of hydrogen-bond acceptors (Lipinski definition) is 5. The molecular formula is C25H33N3OS. The average Bonchev–Trinajstić information content (AvgIpc) is 3.16. The number of fused-ring (bicyclic) bond motifs is 1. The smallest absolute Gasteiger partial charge is 0.160 e. The fourth-order valence-corrected chi connectivity index (χ4v) is 5.54. The predicted molar refractivity (Wildman–Crippen MR) is 126 cm³/mol. The lowest BCUT2D eigenvalue weighted by Crippen LogP contribution is -2.29. The van der Waals surface area contributed by atoms with Crippen molar-refractivity contribution in [2.45, 2.75) is 76.6 Å². The van der Waals surface area contributed by atoms with E-state index in [1.165, 1.54) is 5.56 Å². The van der Waals surface area contributed by atoms with Gasteiger partial charge in [0.1, 0.15) is 11.8 Å². The summed E-state index contributed by atoms with van der Waals surface area (Å²) in [7, 11) is 0. The molecule has 1 fully saturated rings. The fourth-order valence-electron chi connectivity index (χ4n) is 4.45. The molecule has 4 nitrogen and oxygen atoms in total. The Morgan fingerprint density at radius 2 is 1.67 bits per heavy atom. The van der Waals surface area contributed by atoms with Crippen LogP contribution in [0.4, 0.5) is 0 Å². The van der Waals surface area contributed by atoms with E-state index < -0.39 is 0 Å². The van der Waals surface area contributed by atoms with E-state index in [-0.39, 0.29) is 22.9 Å². The van der Waals surface area contributed by atoms with Gasteiger partial charge in [-0.1, -0.05) is 66.3 Å². The van der Waals surface area contributed by atoms with E-state index in [1.807, 2.05) is 30.1 Å². The number of pyridine rings is 1. The molecule has 2 aliphatic rings. The van der Waals surface area contributed by atoms with Crippen molar-refractivity contribution in [3.05, 3.63) is 58.9 Å². The van der Waals surface area contributed by atoms with Gasteiger partial charge in [-0.15, -0.1) is 0 Å². The van der Waals surface area contributed by atoms with Crippen molar-refractivity contribution in [3.8, 4) is 5.75 Å². The fraction of sp³-hybridized carbons (Fsp3) is 0.520. The van der Waals surface area contributed by atoms with Crippen LogP contribution < -0.4 is 0 Å². The van der Waals surface area contributed by atoms with Crippen LogP contribution in [0.2, 0.25) is 0 Å². The van der Waals surface area contributed by atoms with Gasteiger partial charge >= 0.3 is 0 Å². The minimum Gasteiger partial charge on any atom is -0.507 e. The van der Waals surface area contributed by atoms with Crippen molar-refractivity contribution in [1.29, 1.82) is 0 Å². The van der Waals surface area contributed by atoms with Gasteiger partial charge in [0, 0.05) is 18.0 Å². The summed E-state index contributed by atoms with van der Waals surface area (Å²) in [6, 6.07) is 10.5. The molecule has 1 saturated heterocycles. The van der Waals surface area contributed by atoms with Crippen molar-refractivity contribution < 1.29 is 5.11 Å². The predicted octanol–water partition coefficient (Wildman–Crippen LogP) is 5.97. The number of nitrogens with zero attached hydrogens (tertiary/aromatic N) is 3. The first-order valence-electron chi connectivity index (χ1n) is 10.8. The summed E-state index contributed by atoms with van der Waals surface area (Å²) in [5.41, 5.74) is 3.90. The number of aliphatic imine (C=N–C) groups is 1. The lowest BCUT2D eigenvalue weighted by atomic mass is 9.77. The zero-order valence-corrected chi connectivity index (χ0v) is 19.9. The van der Waals surface area contributed by atoms with Crippen molar-refractivity contribution >= 4 is 16.9 Å². The molecule has 1 N–H and O–H groups in total. The van der Waals surface area contributed by atoms with Crippen LogP contribution in [0, 0.1) is 0 Å². The highest BCUT2D eigenvalue weighted by Crippen LogP contribution is 2.50. The number of phenols is 1. The summed E-state index contributed by atoms with van der Waals surface area (Å²) in [6.07, 6.45) is 1.85. The number of thioether (sulfide) groups is 1. The Hall–Kier alpha value is -2.01. The van der Waals surface area contributed by atoms with Crippen LogP contribution in [-0.2, 0) is 10.8 Å². The zero-order chi connectivity index (χ0) is 21.8. The third-order valence-electron chi connectivity index (χ3n) is 5.97. The second kappa shape index (κ2) is 7.30. The molecule has 4 rings (SSSR count). The van der Waals surface area contributed by atoms with Gasteiger partial charge in [0.15, 0.2) is 5.17 Å². The van der Waals surface area contributed by atoms with E-state index in [0.29, 0.717) is 11.0 Å². The summed E-state index contributed by atoms with van der Waals surface area (Å²) in [5, 5.41) is 12.8. The van der Waals surface area contributed by atoms with Crippen molar-refractivity contribution in [3.63, 3.8) is 0 Å². The summed E-state index contributed by atoms with van der Waals surface area (Å²) >= 11 is 1.85. The van der Waals surface area contributed by atoms with Crippen LogP contribution in [0.1, 0.15) is 82.9 Å². The number of aromatic hydroxyl groups is 1. The second-order valence-electron chi connectivity index (χ2n) is 10.6. The van der Waals surface area contributed by atoms with Crippen LogP contribution in [0.5, 0.6) is 5.75 Å². The topological polar surface area (TPSA) is 48.7 Å². The molecule has 2 aliphatic heterocycles. The molecule has 0 spiro atoms. The molecule has 2 aromatic rings. The average molecular weight is 424 g/mol. The Kier molecular flexibility index (Phi) is 5.16. The largest absolute Gasteiger partial charge is 0.507 e. The van der Waals surface area contributed by atoms with Gasteiger partial charge in [-0.05, 0) is 51.8 Å². The zero-order valence-electron chi connectivity index (χ0n) is 19.1. The van der Waals surface area contributed by atoms with Crippen molar-refractivity contribution in [2.24, 2.45) is 4.99 Å². The maximum absolute atomic E-state index is 11.2. The maximum atomic E-state index is 11.2. The molecule has 0 saturated carbocycles. The molecule has 0 bridgehead atoms. The molecule has 0 radical (unpaired) electrons. The Labute approximate surface area is 184 Å². The first-order valence-corrected chi connectivity index (χ1v) is 11.6. The first-order chi connectivity index (χ1) is 14.0. The molecule has 0 amide bonds. The van der Waals surface area contributed by atoms with Crippen LogP contribution >= 0.6 is 11.8 Å². The van der Waals surface area contributed by atoms with Gasteiger partial charge < -0.3 is 10.0 Å². The van der Waals surface area contributed by atoms with Gasteiger partial charge in [-0.3, -0.25) is 9.98 Å². The highest BCUT2D eigenvalue weighted by Gasteiger charge is 2.44. The summed E-state index contributed by atoms with van der Waals surface area (Å²) in [6.45, 7) is 16.2. The van der Waals surface area contributed by atoms with Gasteiger partial charge in [0.2, 0.25) is 0 Å². The SMILES string of the molecule is C[C@@H]1CN2C(=N[C@H](c3ccccn3)[C@@H]2c2cc(C(C)(C)C)c(O)c(C(C)(C)C)c2)S1.